The predicted octanol–water partition coefficient (Wildman–Crippen LogP) is 0.668. The summed E-state index contributed by atoms with van der Waals surface area (Å²) in [6, 6.07) is 0. The Balaban J connectivity index is 2.29. The Bertz CT molecular complexity index is 365. The van der Waals surface area contributed by atoms with Gasteiger partial charge in [-0.15, -0.1) is 0 Å². The molecule has 0 aromatic heterocycles. The van der Waals surface area contributed by atoms with Crippen molar-refractivity contribution in [2.45, 2.75) is 45.4 Å². The van der Waals surface area contributed by atoms with Gasteiger partial charge in [0.1, 0.15) is 0 Å². The first-order chi connectivity index (χ1) is 10.1. The van der Waals surface area contributed by atoms with Crippen molar-refractivity contribution in [3.8, 4) is 0 Å². The summed E-state index contributed by atoms with van der Waals surface area (Å²) >= 11 is 0. The van der Waals surface area contributed by atoms with Gasteiger partial charge in [-0.25, -0.2) is 0 Å². The van der Waals surface area contributed by atoms with E-state index >= 15 is 0 Å². The van der Waals surface area contributed by atoms with Gasteiger partial charge in [0.15, 0.2) is 0 Å². The van der Waals surface area contributed by atoms with Gasteiger partial charge in [0.05, 0.1) is 6.54 Å². The maximum Gasteiger partial charge on any atom is 0.239 e. The van der Waals surface area contributed by atoms with E-state index < -0.39 is 0 Å². The molecule has 0 radical (unpaired) electrons. The minimum Gasteiger partial charge on any atom is -0.358 e. The van der Waals surface area contributed by atoms with E-state index in [1.54, 1.807) is 14.0 Å². The van der Waals surface area contributed by atoms with Gasteiger partial charge in [0.2, 0.25) is 17.7 Å². The minimum absolute atomic E-state index is 0.0433. The highest BCUT2D eigenvalue weighted by Gasteiger charge is 2.19. The van der Waals surface area contributed by atoms with Crippen molar-refractivity contribution in [1.29, 1.82) is 0 Å². The lowest BCUT2D eigenvalue weighted by Crippen LogP contribution is -2.43. The van der Waals surface area contributed by atoms with Crippen LogP contribution in [-0.4, -0.2) is 49.3 Å². The number of nitrogens with one attached hydrogen (secondary N) is 2. The van der Waals surface area contributed by atoms with Crippen molar-refractivity contribution in [1.82, 2.24) is 15.5 Å². The quantitative estimate of drug-likeness (QED) is 0.691. The van der Waals surface area contributed by atoms with Crippen LogP contribution >= 0.6 is 0 Å². The first kappa shape index (κ1) is 17.5. The Morgan fingerprint density at radius 3 is 2.38 bits per heavy atom. The van der Waals surface area contributed by atoms with Crippen LogP contribution < -0.4 is 10.6 Å². The van der Waals surface area contributed by atoms with Crippen LogP contribution in [-0.2, 0) is 14.4 Å². The molecule has 2 N–H and O–H groups in total. The highest BCUT2D eigenvalue weighted by molar-refractivity contribution is 5.84. The summed E-state index contributed by atoms with van der Waals surface area (Å²) in [6.07, 6.45) is 5.67. The molecule has 0 spiro atoms. The molecule has 1 saturated carbocycles. The molecule has 6 nitrogen and oxygen atoms in total. The molecule has 1 rings (SSSR count). The second-order valence-corrected chi connectivity index (χ2v) is 5.55. The number of rotatable bonds is 8. The minimum atomic E-state index is -0.200. The van der Waals surface area contributed by atoms with E-state index in [0.29, 0.717) is 31.8 Å². The van der Waals surface area contributed by atoms with Gasteiger partial charge in [-0.2, -0.15) is 0 Å². The van der Waals surface area contributed by atoms with Crippen LogP contribution in [0.15, 0.2) is 0 Å². The van der Waals surface area contributed by atoms with Gasteiger partial charge in [0.25, 0.3) is 0 Å². The van der Waals surface area contributed by atoms with Crippen LogP contribution in [0.5, 0.6) is 0 Å². The van der Waals surface area contributed by atoms with Crippen molar-refractivity contribution in [3.63, 3.8) is 0 Å². The molecule has 0 atom stereocenters. The number of carbonyl (C=O) groups excluding carboxylic acids is 3. The molecule has 1 aliphatic rings. The van der Waals surface area contributed by atoms with Gasteiger partial charge < -0.3 is 15.5 Å². The van der Waals surface area contributed by atoms with Crippen molar-refractivity contribution in [2.75, 3.05) is 26.7 Å². The third-order valence-corrected chi connectivity index (χ3v) is 3.92. The zero-order valence-electron chi connectivity index (χ0n) is 13.1. The number of likely N-dealkylation sites (N-methyl/N-ethyl adjacent to an activating group) is 1. The molecule has 0 heterocycles. The second kappa shape index (κ2) is 9.37. The molecule has 0 saturated heterocycles. The summed E-state index contributed by atoms with van der Waals surface area (Å²) in [7, 11) is 1.54. The van der Waals surface area contributed by atoms with Crippen LogP contribution in [0, 0.1) is 5.92 Å². The Kier molecular flexibility index (Phi) is 7.79. The fourth-order valence-electron chi connectivity index (χ4n) is 2.65. The van der Waals surface area contributed by atoms with Gasteiger partial charge in [-0.3, -0.25) is 14.4 Å². The maximum atomic E-state index is 11.8. The van der Waals surface area contributed by atoms with Crippen LogP contribution in [0.4, 0.5) is 0 Å². The van der Waals surface area contributed by atoms with E-state index in [1.807, 2.05) is 0 Å². The molecule has 0 aromatic rings. The largest absolute Gasteiger partial charge is 0.358 e. The van der Waals surface area contributed by atoms with E-state index in [9.17, 15) is 14.4 Å². The van der Waals surface area contributed by atoms with Gasteiger partial charge >= 0.3 is 0 Å². The van der Waals surface area contributed by atoms with E-state index in [1.165, 1.54) is 17.7 Å². The fourth-order valence-corrected chi connectivity index (χ4v) is 2.65. The molecule has 21 heavy (non-hydrogen) atoms. The monoisotopic (exact) mass is 297 g/mol. The molecule has 6 heteroatoms. The lowest BCUT2D eigenvalue weighted by atomic mass is 10.0. The summed E-state index contributed by atoms with van der Waals surface area (Å²) in [5.41, 5.74) is 0. The van der Waals surface area contributed by atoms with E-state index in [0.717, 1.165) is 12.8 Å². The molecular weight excluding hydrogens is 270 g/mol. The fraction of sp³-hybridized carbons (Fsp3) is 0.800. The van der Waals surface area contributed by atoms with Gasteiger partial charge in [-0.1, -0.05) is 19.8 Å². The normalized spacial score (nSPS) is 14.8. The molecule has 0 unspecified atom stereocenters. The average Bonchev–Trinajstić information content (AvgIpc) is 2.97. The number of carbonyl (C=O) groups is 3. The highest BCUT2D eigenvalue weighted by atomic mass is 16.2. The number of hydrogen-bond donors (Lipinski definition) is 2. The summed E-state index contributed by atoms with van der Waals surface area (Å²) in [5.74, 6) is 0.285. The van der Waals surface area contributed by atoms with Crippen molar-refractivity contribution < 1.29 is 14.4 Å². The SMILES string of the molecule is CCC(=O)N(CCNC(=O)CC1CCCC1)CC(=O)NC. The lowest BCUT2D eigenvalue weighted by Gasteiger charge is -2.21. The number of nitrogens with zero attached hydrogens (tertiary/aromatic N) is 1. The standard InChI is InChI=1S/C15H27N3O3/c1-3-15(21)18(11-14(20)16-2)9-8-17-13(19)10-12-6-4-5-7-12/h12H,3-11H2,1-2H3,(H,16,20)(H,17,19). The van der Waals surface area contributed by atoms with Crippen LogP contribution in [0.2, 0.25) is 0 Å². The van der Waals surface area contributed by atoms with Crippen molar-refractivity contribution >= 4 is 17.7 Å². The van der Waals surface area contributed by atoms with Gasteiger partial charge in [-0.05, 0) is 18.8 Å². The zero-order valence-corrected chi connectivity index (χ0v) is 13.1. The van der Waals surface area contributed by atoms with Crippen molar-refractivity contribution in [3.05, 3.63) is 0 Å². The molecule has 0 aromatic carbocycles. The second-order valence-electron chi connectivity index (χ2n) is 5.55. The third-order valence-electron chi connectivity index (χ3n) is 3.92. The maximum absolute atomic E-state index is 11.8. The van der Waals surface area contributed by atoms with E-state index in [2.05, 4.69) is 10.6 Å². The van der Waals surface area contributed by atoms with Crippen LogP contribution in [0.1, 0.15) is 45.4 Å². The Hall–Kier alpha value is -1.59. The smallest absolute Gasteiger partial charge is 0.239 e. The number of hydrogen-bond acceptors (Lipinski definition) is 3. The van der Waals surface area contributed by atoms with Gasteiger partial charge in [0, 0.05) is 33.0 Å². The first-order valence-electron chi connectivity index (χ1n) is 7.81. The highest BCUT2D eigenvalue weighted by Crippen LogP contribution is 2.27. The van der Waals surface area contributed by atoms with Crippen LogP contribution in [0.25, 0.3) is 0 Å². The Morgan fingerprint density at radius 2 is 1.81 bits per heavy atom. The molecule has 120 valence electrons. The van der Waals surface area contributed by atoms with Crippen LogP contribution in [0.3, 0.4) is 0 Å². The number of amides is 3. The lowest BCUT2D eigenvalue weighted by molar-refractivity contribution is -0.135. The first-order valence-corrected chi connectivity index (χ1v) is 7.81. The molecule has 0 bridgehead atoms. The van der Waals surface area contributed by atoms with E-state index in [-0.39, 0.29) is 24.3 Å². The molecule has 1 fully saturated rings. The topological polar surface area (TPSA) is 78.5 Å². The summed E-state index contributed by atoms with van der Waals surface area (Å²) in [6.45, 7) is 2.57. The zero-order chi connectivity index (χ0) is 15.7. The summed E-state index contributed by atoms with van der Waals surface area (Å²) in [4.78, 5) is 36.4. The molecule has 1 aliphatic carbocycles. The molecular formula is C15H27N3O3. The van der Waals surface area contributed by atoms with E-state index in [4.69, 9.17) is 0 Å². The summed E-state index contributed by atoms with van der Waals surface area (Å²) in [5, 5.41) is 5.35. The molecule has 3 amide bonds. The average molecular weight is 297 g/mol. The Labute approximate surface area is 126 Å². The third kappa shape index (κ3) is 6.60. The van der Waals surface area contributed by atoms with Crippen molar-refractivity contribution in [2.24, 2.45) is 5.92 Å². The predicted molar refractivity (Wildman–Crippen MR) is 80.5 cm³/mol. The summed E-state index contributed by atoms with van der Waals surface area (Å²) < 4.78 is 0. The Morgan fingerprint density at radius 1 is 1.14 bits per heavy atom. The molecule has 0 aliphatic heterocycles.